The highest BCUT2D eigenvalue weighted by Crippen LogP contribution is 2.50. The van der Waals surface area contributed by atoms with E-state index in [1.54, 1.807) is 35.2 Å². The molecule has 0 N–H and O–H groups in total. The number of carbonyl (C=O) groups excluding carboxylic acids is 2. The number of alkyl halides is 3. The van der Waals surface area contributed by atoms with Crippen molar-refractivity contribution in [3.63, 3.8) is 0 Å². The van der Waals surface area contributed by atoms with Crippen LogP contribution in [0, 0.1) is 11.3 Å². The Morgan fingerprint density at radius 3 is 2.31 bits per heavy atom. The van der Waals surface area contributed by atoms with Crippen LogP contribution in [0.2, 0.25) is 0 Å². The molecule has 0 bridgehead atoms. The third-order valence-electron chi connectivity index (χ3n) is 5.99. The molecule has 1 aliphatic carbocycles. The first kappa shape index (κ1) is 22.0. The van der Waals surface area contributed by atoms with Crippen LogP contribution in [0.15, 0.2) is 42.5 Å². The van der Waals surface area contributed by atoms with Crippen molar-refractivity contribution in [2.75, 3.05) is 16.9 Å². The van der Waals surface area contributed by atoms with E-state index in [2.05, 4.69) is 12.6 Å². The molecule has 1 unspecified atom stereocenters. The number of nitrogens with zero attached hydrogens (tertiary/aromatic N) is 3. The van der Waals surface area contributed by atoms with Crippen LogP contribution in [0.1, 0.15) is 40.7 Å². The standard InChI is InChI=1S/C22H18F3N3O3S/c1-31-18(29)13-3-6-15(7-4-13)28-20(32)27(19(30)21(28)9-2-10-21)16-8-5-14(12-26)17(11-16)22(23,24)25/h3-8,11,20,32H,2,9-10H2,1H3. The van der Waals surface area contributed by atoms with Gasteiger partial charge in [-0.05, 0) is 61.7 Å². The Morgan fingerprint density at radius 1 is 1.19 bits per heavy atom. The normalized spacial score (nSPS) is 19.6. The van der Waals surface area contributed by atoms with Gasteiger partial charge < -0.3 is 9.64 Å². The van der Waals surface area contributed by atoms with Crippen molar-refractivity contribution in [2.24, 2.45) is 0 Å². The van der Waals surface area contributed by atoms with Crippen molar-refractivity contribution in [1.29, 1.82) is 5.26 Å². The van der Waals surface area contributed by atoms with E-state index in [-0.39, 0.29) is 11.6 Å². The second kappa shape index (κ2) is 7.74. The SMILES string of the molecule is COC(=O)c1ccc(N2C(S)N(c3ccc(C#N)c(C(F)(F)F)c3)C(=O)C23CCC3)cc1. The Hall–Kier alpha value is -3.19. The number of halogens is 3. The zero-order valence-corrected chi connectivity index (χ0v) is 17.8. The van der Waals surface area contributed by atoms with E-state index in [4.69, 9.17) is 10.00 Å². The quantitative estimate of drug-likeness (QED) is 0.543. The summed E-state index contributed by atoms with van der Waals surface area (Å²) in [6, 6.07) is 11.2. The minimum Gasteiger partial charge on any atom is -0.465 e. The fraction of sp³-hybridized carbons (Fsp3) is 0.318. The number of hydrogen-bond donors (Lipinski definition) is 1. The minimum absolute atomic E-state index is 0.0151. The zero-order valence-electron chi connectivity index (χ0n) is 16.9. The summed E-state index contributed by atoms with van der Waals surface area (Å²) in [7, 11) is 1.27. The molecule has 32 heavy (non-hydrogen) atoms. The maximum absolute atomic E-state index is 13.5. The summed E-state index contributed by atoms with van der Waals surface area (Å²) in [6.07, 6.45) is -2.90. The number of carbonyl (C=O) groups is 2. The van der Waals surface area contributed by atoms with Gasteiger partial charge in [0.25, 0.3) is 5.91 Å². The van der Waals surface area contributed by atoms with Crippen molar-refractivity contribution >= 4 is 35.9 Å². The topological polar surface area (TPSA) is 73.6 Å². The summed E-state index contributed by atoms with van der Waals surface area (Å²) in [6.45, 7) is 0. The molecule has 166 valence electrons. The number of hydrogen-bond acceptors (Lipinski definition) is 6. The van der Waals surface area contributed by atoms with Gasteiger partial charge >= 0.3 is 12.1 Å². The Labute approximate surface area is 187 Å². The van der Waals surface area contributed by atoms with Gasteiger partial charge in [0.05, 0.1) is 29.9 Å². The second-order valence-corrected chi connectivity index (χ2v) is 8.12. The second-order valence-electron chi connectivity index (χ2n) is 7.65. The Morgan fingerprint density at radius 2 is 1.81 bits per heavy atom. The highest BCUT2D eigenvalue weighted by Gasteiger charge is 2.60. The molecule has 4 rings (SSSR count). The summed E-state index contributed by atoms with van der Waals surface area (Å²) >= 11 is 4.60. The first-order valence-electron chi connectivity index (χ1n) is 9.75. The zero-order chi connectivity index (χ0) is 23.3. The monoisotopic (exact) mass is 461 g/mol. The van der Waals surface area contributed by atoms with Gasteiger partial charge in [-0.25, -0.2) is 4.79 Å². The Kier molecular flexibility index (Phi) is 5.33. The van der Waals surface area contributed by atoms with E-state index in [9.17, 15) is 22.8 Å². The average molecular weight is 461 g/mol. The molecular formula is C22H18F3N3O3S. The number of methoxy groups -OCH3 is 1. The van der Waals surface area contributed by atoms with E-state index in [1.807, 2.05) is 0 Å². The fourth-order valence-electron chi connectivity index (χ4n) is 4.26. The molecule has 1 saturated heterocycles. The molecule has 6 nitrogen and oxygen atoms in total. The summed E-state index contributed by atoms with van der Waals surface area (Å²) < 4.78 is 45.1. The largest absolute Gasteiger partial charge is 0.465 e. The maximum Gasteiger partial charge on any atom is 0.417 e. The van der Waals surface area contributed by atoms with E-state index < -0.39 is 34.3 Å². The van der Waals surface area contributed by atoms with E-state index in [0.29, 0.717) is 24.1 Å². The highest BCUT2D eigenvalue weighted by molar-refractivity contribution is 7.81. The lowest BCUT2D eigenvalue weighted by molar-refractivity contribution is -0.137. The summed E-state index contributed by atoms with van der Waals surface area (Å²) in [5.74, 6) is -0.854. The molecule has 1 aliphatic heterocycles. The molecule has 2 fully saturated rings. The first-order valence-corrected chi connectivity index (χ1v) is 10.3. The maximum atomic E-state index is 13.5. The number of benzene rings is 2. The predicted octanol–water partition coefficient (Wildman–Crippen LogP) is 4.35. The minimum atomic E-state index is -4.74. The molecule has 10 heteroatoms. The van der Waals surface area contributed by atoms with Crippen LogP contribution in [-0.2, 0) is 15.7 Å². The number of thiol groups is 1. The third-order valence-corrected chi connectivity index (χ3v) is 6.46. The predicted molar refractivity (Wildman–Crippen MR) is 113 cm³/mol. The van der Waals surface area contributed by atoms with Gasteiger partial charge in [-0.1, -0.05) is 0 Å². The van der Waals surface area contributed by atoms with Gasteiger partial charge in [-0.3, -0.25) is 9.69 Å². The Bertz CT molecular complexity index is 1120. The number of nitriles is 1. The molecule has 2 aromatic rings. The van der Waals surface area contributed by atoms with Gasteiger partial charge in [0.15, 0.2) is 5.50 Å². The van der Waals surface area contributed by atoms with Crippen LogP contribution in [0.3, 0.4) is 0 Å². The number of ether oxygens (including phenoxy) is 1. The lowest BCUT2D eigenvalue weighted by atomic mass is 9.75. The number of amides is 1. The molecule has 1 saturated carbocycles. The van der Waals surface area contributed by atoms with Crippen LogP contribution in [0.25, 0.3) is 0 Å². The summed E-state index contributed by atoms with van der Waals surface area (Å²) in [5.41, 5.74) is -2.46. The molecule has 1 spiro atoms. The van der Waals surface area contributed by atoms with E-state index in [0.717, 1.165) is 18.6 Å². The van der Waals surface area contributed by atoms with E-state index >= 15 is 0 Å². The molecule has 2 aromatic carbocycles. The van der Waals surface area contributed by atoms with Crippen molar-refractivity contribution in [3.05, 3.63) is 59.2 Å². The first-order chi connectivity index (χ1) is 15.1. The molecule has 0 aromatic heterocycles. The van der Waals surface area contributed by atoms with Crippen molar-refractivity contribution in [3.8, 4) is 6.07 Å². The number of anilines is 2. The highest BCUT2D eigenvalue weighted by atomic mass is 32.1. The summed E-state index contributed by atoms with van der Waals surface area (Å²) in [4.78, 5) is 28.2. The van der Waals surface area contributed by atoms with E-state index in [1.165, 1.54) is 18.1 Å². The van der Waals surface area contributed by atoms with Gasteiger partial charge in [0.1, 0.15) is 5.54 Å². The Balaban J connectivity index is 1.76. The lowest BCUT2D eigenvalue weighted by Crippen LogP contribution is -2.55. The molecule has 1 amide bonds. The molecule has 1 heterocycles. The average Bonchev–Trinajstić information content (AvgIpc) is 2.99. The van der Waals surface area contributed by atoms with Crippen LogP contribution < -0.4 is 9.80 Å². The lowest BCUT2D eigenvalue weighted by Gasteiger charge is -2.44. The van der Waals surface area contributed by atoms with Gasteiger partial charge in [-0.2, -0.15) is 18.4 Å². The smallest absolute Gasteiger partial charge is 0.417 e. The third kappa shape index (κ3) is 3.28. The van der Waals surface area contributed by atoms with Crippen LogP contribution >= 0.6 is 12.6 Å². The van der Waals surface area contributed by atoms with Gasteiger partial charge in [0.2, 0.25) is 0 Å². The van der Waals surface area contributed by atoms with Crippen molar-refractivity contribution < 1.29 is 27.5 Å². The van der Waals surface area contributed by atoms with Crippen LogP contribution in [-0.4, -0.2) is 30.0 Å². The van der Waals surface area contributed by atoms with Crippen LogP contribution in [0.4, 0.5) is 24.5 Å². The van der Waals surface area contributed by atoms with Gasteiger partial charge in [-0.15, -0.1) is 12.6 Å². The number of rotatable bonds is 3. The molecule has 0 radical (unpaired) electrons. The van der Waals surface area contributed by atoms with Gasteiger partial charge in [0, 0.05) is 11.4 Å². The van der Waals surface area contributed by atoms with Crippen LogP contribution in [0.5, 0.6) is 0 Å². The molecule has 1 atom stereocenters. The van der Waals surface area contributed by atoms with Crippen molar-refractivity contribution in [2.45, 2.75) is 36.5 Å². The van der Waals surface area contributed by atoms with Crippen molar-refractivity contribution in [1.82, 2.24) is 0 Å². The molecular weight excluding hydrogens is 443 g/mol. The number of esters is 1. The molecule has 2 aliphatic rings. The fourth-order valence-corrected chi connectivity index (χ4v) is 4.85. The summed E-state index contributed by atoms with van der Waals surface area (Å²) in [5, 5.41) is 9.06.